The summed E-state index contributed by atoms with van der Waals surface area (Å²) in [5.74, 6) is -2.76. The molecule has 0 atom stereocenters. The largest absolute Gasteiger partial charge is 0.490 e. The van der Waals surface area contributed by atoms with E-state index in [1.165, 1.54) is 64.2 Å². The molecule has 0 aliphatic carbocycles. The van der Waals surface area contributed by atoms with E-state index in [-0.39, 0.29) is 0 Å². The van der Waals surface area contributed by atoms with Crippen molar-refractivity contribution >= 4 is 5.97 Å². The number of carboxylic acids is 1. The molecule has 1 saturated heterocycles. The first-order valence-corrected chi connectivity index (χ1v) is 10.2. The van der Waals surface area contributed by atoms with Gasteiger partial charge < -0.3 is 14.6 Å². The minimum absolute atomic E-state index is 0.955. The second-order valence-corrected chi connectivity index (χ2v) is 6.15. The zero-order chi connectivity index (χ0) is 21.4. The zero-order valence-corrected chi connectivity index (χ0v) is 17.7. The number of carboxylic acid groups (broad SMARTS) is 1. The molecule has 0 unspecified atom stereocenters. The third kappa shape index (κ3) is 36.8. The van der Waals surface area contributed by atoms with Crippen LogP contribution in [0.2, 0.25) is 0 Å². The van der Waals surface area contributed by atoms with E-state index in [0.717, 1.165) is 26.4 Å². The molecular formula is C20H41F3O4. The number of unbranched alkanes of at least 4 members (excludes halogenated alkanes) is 5. The Bertz CT molecular complexity index is 263. The molecule has 0 bridgehead atoms. The van der Waals surface area contributed by atoms with Crippen LogP contribution in [0, 0.1) is 0 Å². The number of hydrogen-bond donors (Lipinski definition) is 1. The normalized spacial score (nSPS) is 12.7. The molecule has 166 valence electrons. The lowest BCUT2D eigenvalue weighted by atomic mass is 10.2. The fraction of sp³-hybridized carbons (Fsp3) is 0.950. The summed E-state index contributed by atoms with van der Waals surface area (Å²) in [4.78, 5) is 8.90. The van der Waals surface area contributed by atoms with Crippen LogP contribution in [0.15, 0.2) is 0 Å². The Morgan fingerprint density at radius 1 is 0.852 bits per heavy atom. The first-order chi connectivity index (χ1) is 12.8. The molecular weight excluding hydrogens is 361 g/mol. The van der Waals surface area contributed by atoms with E-state index in [4.69, 9.17) is 19.4 Å². The van der Waals surface area contributed by atoms with Gasteiger partial charge in [-0.2, -0.15) is 13.2 Å². The number of aliphatic carboxylic acids is 1. The smallest absolute Gasteiger partial charge is 0.475 e. The van der Waals surface area contributed by atoms with Gasteiger partial charge in [-0.05, 0) is 25.7 Å². The van der Waals surface area contributed by atoms with Crippen molar-refractivity contribution in [3.8, 4) is 0 Å². The Balaban J connectivity index is -0.000000290. The van der Waals surface area contributed by atoms with Crippen molar-refractivity contribution in [3.63, 3.8) is 0 Å². The molecule has 0 spiro atoms. The Morgan fingerprint density at radius 2 is 1.19 bits per heavy atom. The van der Waals surface area contributed by atoms with Crippen molar-refractivity contribution in [2.24, 2.45) is 0 Å². The molecule has 1 N–H and O–H groups in total. The highest BCUT2D eigenvalue weighted by molar-refractivity contribution is 5.73. The van der Waals surface area contributed by atoms with E-state index in [1.54, 1.807) is 0 Å². The molecule has 0 aromatic carbocycles. The van der Waals surface area contributed by atoms with E-state index in [9.17, 15) is 13.2 Å². The van der Waals surface area contributed by atoms with E-state index in [2.05, 4.69) is 27.7 Å². The first kappa shape index (κ1) is 30.9. The zero-order valence-electron chi connectivity index (χ0n) is 17.7. The number of alkyl halides is 3. The second kappa shape index (κ2) is 25.2. The number of carbonyl (C=O) groups is 1. The number of halogens is 3. The van der Waals surface area contributed by atoms with Crippen LogP contribution in [-0.4, -0.2) is 43.7 Å². The SMILES string of the molecule is C1CCOC1.CCCCCC.CCCCOCCCC.O=C(O)C(F)(F)F. The van der Waals surface area contributed by atoms with Gasteiger partial charge in [0.25, 0.3) is 0 Å². The molecule has 1 rings (SSSR count). The molecule has 1 fully saturated rings. The predicted octanol–water partition coefficient (Wildman–Crippen LogP) is 6.62. The van der Waals surface area contributed by atoms with Gasteiger partial charge in [-0.3, -0.25) is 0 Å². The number of ether oxygens (including phenoxy) is 2. The van der Waals surface area contributed by atoms with Crippen molar-refractivity contribution in [2.75, 3.05) is 26.4 Å². The van der Waals surface area contributed by atoms with Crippen molar-refractivity contribution in [1.82, 2.24) is 0 Å². The molecule has 7 heteroatoms. The highest BCUT2D eigenvalue weighted by Gasteiger charge is 2.38. The summed E-state index contributed by atoms with van der Waals surface area (Å²) in [6.07, 6.45) is 7.92. The third-order valence-electron chi connectivity index (χ3n) is 3.31. The Hall–Kier alpha value is -0.820. The minimum Gasteiger partial charge on any atom is -0.475 e. The summed E-state index contributed by atoms with van der Waals surface area (Å²) in [5.41, 5.74) is 0. The maximum Gasteiger partial charge on any atom is 0.490 e. The molecule has 0 aromatic heterocycles. The van der Waals surface area contributed by atoms with Gasteiger partial charge in [0.2, 0.25) is 0 Å². The maximum absolute atomic E-state index is 10.6. The van der Waals surface area contributed by atoms with Gasteiger partial charge in [0, 0.05) is 26.4 Å². The van der Waals surface area contributed by atoms with E-state index < -0.39 is 12.1 Å². The fourth-order valence-corrected chi connectivity index (χ4v) is 1.61. The lowest BCUT2D eigenvalue weighted by Crippen LogP contribution is -2.21. The molecule has 0 aromatic rings. The van der Waals surface area contributed by atoms with E-state index in [1.807, 2.05) is 0 Å². The van der Waals surface area contributed by atoms with Gasteiger partial charge in [0.05, 0.1) is 0 Å². The van der Waals surface area contributed by atoms with Crippen LogP contribution in [0.1, 0.15) is 91.9 Å². The number of rotatable bonds is 9. The Labute approximate surface area is 163 Å². The highest BCUT2D eigenvalue weighted by Crippen LogP contribution is 2.13. The molecule has 0 amide bonds. The van der Waals surface area contributed by atoms with Crippen molar-refractivity contribution in [3.05, 3.63) is 0 Å². The summed E-state index contributed by atoms with van der Waals surface area (Å²) in [6, 6.07) is 0. The van der Waals surface area contributed by atoms with Crippen LogP contribution in [0.25, 0.3) is 0 Å². The quantitative estimate of drug-likeness (QED) is 0.440. The summed E-state index contributed by atoms with van der Waals surface area (Å²) in [7, 11) is 0. The monoisotopic (exact) mass is 402 g/mol. The lowest BCUT2D eigenvalue weighted by molar-refractivity contribution is -0.192. The van der Waals surface area contributed by atoms with Crippen LogP contribution in [-0.2, 0) is 14.3 Å². The van der Waals surface area contributed by atoms with Crippen LogP contribution >= 0.6 is 0 Å². The van der Waals surface area contributed by atoms with Crippen LogP contribution in [0.5, 0.6) is 0 Å². The van der Waals surface area contributed by atoms with Crippen LogP contribution in [0.4, 0.5) is 13.2 Å². The summed E-state index contributed by atoms with van der Waals surface area (Å²) in [6.45, 7) is 12.7. The van der Waals surface area contributed by atoms with Gasteiger partial charge in [-0.25, -0.2) is 4.79 Å². The van der Waals surface area contributed by atoms with Crippen LogP contribution < -0.4 is 0 Å². The van der Waals surface area contributed by atoms with Crippen molar-refractivity contribution in [1.29, 1.82) is 0 Å². The van der Waals surface area contributed by atoms with E-state index in [0.29, 0.717) is 0 Å². The maximum atomic E-state index is 10.6. The van der Waals surface area contributed by atoms with Gasteiger partial charge in [-0.1, -0.05) is 66.2 Å². The Kier molecular flexibility index (Phi) is 28.8. The lowest BCUT2D eigenvalue weighted by Gasteiger charge is -1.99. The first-order valence-electron chi connectivity index (χ1n) is 10.2. The Morgan fingerprint density at radius 3 is 1.37 bits per heavy atom. The van der Waals surface area contributed by atoms with Gasteiger partial charge in [0.15, 0.2) is 0 Å². The van der Waals surface area contributed by atoms with E-state index >= 15 is 0 Å². The standard InChI is InChI=1S/C8H18O.C6H14.C4H8O.C2HF3O2/c1-3-5-7-9-8-6-4-2;1-3-5-6-4-2;1-2-4-5-3-1;3-2(4,5)1(6)7/h3-8H2,1-2H3;3-6H2,1-2H3;1-4H2;(H,6,7). The number of hydrogen-bond acceptors (Lipinski definition) is 3. The summed E-state index contributed by atoms with van der Waals surface area (Å²) in [5, 5.41) is 7.12. The van der Waals surface area contributed by atoms with Gasteiger partial charge >= 0.3 is 12.1 Å². The minimum atomic E-state index is -5.08. The van der Waals surface area contributed by atoms with Gasteiger partial charge in [-0.15, -0.1) is 0 Å². The average Bonchev–Trinajstić information content (AvgIpc) is 3.20. The molecule has 27 heavy (non-hydrogen) atoms. The fourth-order valence-electron chi connectivity index (χ4n) is 1.61. The molecule has 1 aliphatic heterocycles. The van der Waals surface area contributed by atoms with Crippen molar-refractivity contribution in [2.45, 2.75) is 98.1 Å². The highest BCUT2D eigenvalue weighted by atomic mass is 19.4. The second-order valence-electron chi connectivity index (χ2n) is 6.15. The molecule has 4 nitrogen and oxygen atoms in total. The topological polar surface area (TPSA) is 55.8 Å². The molecule has 0 saturated carbocycles. The van der Waals surface area contributed by atoms with Crippen molar-refractivity contribution < 1.29 is 32.5 Å². The molecule has 0 radical (unpaired) electrons. The third-order valence-corrected chi connectivity index (χ3v) is 3.31. The summed E-state index contributed by atoms with van der Waals surface area (Å²) >= 11 is 0. The molecule has 1 aliphatic rings. The predicted molar refractivity (Wildman–Crippen MR) is 104 cm³/mol. The summed E-state index contributed by atoms with van der Waals surface area (Å²) < 4.78 is 42.0. The van der Waals surface area contributed by atoms with Gasteiger partial charge in [0.1, 0.15) is 0 Å². The molecule has 1 heterocycles. The van der Waals surface area contributed by atoms with Crippen LogP contribution in [0.3, 0.4) is 0 Å². The average molecular weight is 403 g/mol.